The van der Waals surface area contributed by atoms with Crippen molar-refractivity contribution in [2.75, 3.05) is 5.73 Å². The zero-order valence-electron chi connectivity index (χ0n) is 11.4. The first kappa shape index (κ1) is 13.2. The molecule has 3 nitrogen and oxygen atoms in total. The zero-order valence-corrected chi connectivity index (χ0v) is 13.0. The van der Waals surface area contributed by atoms with Crippen LogP contribution in [0.3, 0.4) is 0 Å². The first-order chi connectivity index (χ1) is 9.15. The number of nitrogens with zero attached hydrogens (tertiary/aromatic N) is 2. The summed E-state index contributed by atoms with van der Waals surface area (Å²) in [6.07, 6.45) is 6.20. The SMILES string of the molecule is CC(C)Sc1nc(N)c2c3c(sc2n1)CCCCC3. The van der Waals surface area contributed by atoms with E-state index in [1.54, 1.807) is 11.8 Å². The van der Waals surface area contributed by atoms with Gasteiger partial charge >= 0.3 is 0 Å². The lowest BCUT2D eigenvalue weighted by atomic mass is 10.1. The first-order valence-corrected chi connectivity index (χ1v) is 8.59. The summed E-state index contributed by atoms with van der Waals surface area (Å²) in [6.45, 7) is 4.30. The highest BCUT2D eigenvalue weighted by molar-refractivity contribution is 7.99. The van der Waals surface area contributed by atoms with Gasteiger partial charge in [0.1, 0.15) is 10.6 Å². The van der Waals surface area contributed by atoms with Crippen LogP contribution in [0.4, 0.5) is 5.82 Å². The fraction of sp³-hybridized carbons (Fsp3) is 0.571. The Balaban J connectivity index is 2.11. The minimum atomic E-state index is 0.481. The Morgan fingerprint density at radius 3 is 2.74 bits per heavy atom. The second-order valence-electron chi connectivity index (χ2n) is 5.30. The third-order valence-corrected chi connectivity index (χ3v) is 5.46. The van der Waals surface area contributed by atoms with E-state index in [2.05, 4.69) is 18.8 Å². The molecule has 0 saturated heterocycles. The molecule has 0 unspecified atom stereocenters. The molecule has 2 aromatic rings. The summed E-state index contributed by atoms with van der Waals surface area (Å²) in [4.78, 5) is 11.8. The van der Waals surface area contributed by atoms with Crippen LogP contribution in [0.25, 0.3) is 10.2 Å². The maximum atomic E-state index is 6.19. The van der Waals surface area contributed by atoms with Crippen LogP contribution < -0.4 is 5.73 Å². The van der Waals surface area contributed by atoms with E-state index in [9.17, 15) is 0 Å². The molecule has 0 aliphatic heterocycles. The number of nitrogen functional groups attached to an aromatic ring is 1. The van der Waals surface area contributed by atoms with Gasteiger partial charge < -0.3 is 5.73 Å². The van der Waals surface area contributed by atoms with Gasteiger partial charge in [-0.2, -0.15) is 0 Å². The lowest BCUT2D eigenvalue weighted by Gasteiger charge is -2.05. The average molecular weight is 293 g/mol. The van der Waals surface area contributed by atoms with E-state index in [0.29, 0.717) is 11.1 Å². The topological polar surface area (TPSA) is 51.8 Å². The molecule has 0 saturated carbocycles. The summed E-state index contributed by atoms with van der Waals surface area (Å²) >= 11 is 3.51. The van der Waals surface area contributed by atoms with Gasteiger partial charge in [-0.25, -0.2) is 9.97 Å². The van der Waals surface area contributed by atoms with Gasteiger partial charge in [0.15, 0.2) is 5.16 Å². The van der Waals surface area contributed by atoms with E-state index < -0.39 is 0 Å². The Labute approximate surface area is 122 Å². The van der Waals surface area contributed by atoms with Gasteiger partial charge in [-0.05, 0) is 31.2 Å². The van der Waals surface area contributed by atoms with Crippen molar-refractivity contribution in [1.29, 1.82) is 0 Å². The Bertz CT molecular complexity index is 604. The molecule has 2 heterocycles. The molecule has 0 bridgehead atoms. The lowest BCUT2D eigenvalue weighted by molar-refractivity contribution is 0.713. The van der Waals surface area contributed by atoms with Crippen LogP contribution in [0, 0.1) is 0 Å². The first-order valence-electron chi connectivity index (χ1n) is 6.89. The number of rotatable bonds is 2. The number of aromatic nitrogens is 2. The van der Waals surface area contributed by atoms with Crippen LogP contribution >= 0.6 is 23.1 Å². The summed E-state index contributed by atoms with van der Waals surface area (Å²) in [5.74, 6) is 0.674. The van der Waals surface area contributed by atoms with E-state index in [-0.39, 0.29) is 0 Å². The molecule has 5 heteroatoms. The molecule has 0 aromatic carbocycles. The molecule has 1 aliphatic carbocycles. The third-order valence-electron chi connectivity index (χ3n) is 3.41. The molecule has 0 fully saturated rings. The van der Waals surface area contributed by atoms with Crippen LogP contribution in [0.15, 0.2) is 5.16 Å². The van der Waals surface area contributed by atoms with Gasteiger partial charge in [-0.15, -0.1) is 11.3 Å². The smallest absolute Gasteiger partial charge is 0.191 e. The highest BCUT2D eigenvalue weighted by Crippen LogP contribution is 2.38. The second kappa shape index (κ2) is 5.29. The molecule has 1 aliphatic rings. The Morgan fingerprint density at radius 1 is 1.16 bits per heavy atom. The molecule has 2 aromatic heterocycles. The Morgan fingerprint density at radius 2 is 1.95 bits per heavy atom. The van der Waals surface area contributed by atoms with E-state index in [1.165, 1.54) is 36.1 Å². The summed E-state index contributed by atoms with van der Waals surface area (Å²) in [5.41, 5.74) is 7.62. The molecule has 3 rings (SSSR count). The summed E-state index contributed by atoms with van der Waals surface area (Å²) in [7, 11) is 0. The average Bonchev–Trinajstić information content (AvgIpc) is 2.52. The van der Waals surface area contributed by atoms with Crippen LogP contribution in [0.5, 0.6) is 0 Å². The van der Waals surface area contributed by atoms with Gasteiger partial charge in [0.25, 0.3) is 0 Å². The number of hydrogen-bond acceptors (Lipinski definition) is 5. The molecule has 2 N–H and O–H groups in total. The highest BCUT2D eigenvalue weighted by atomic mass is 32.2. The number of thiophene rings is 1. The Hall–Kier alpha value is -0.810. The van der Waals surface area contributed by atoms with E-state index in [4.69, 9.17) is 10.7 Å². The molecule has 0 amide bonds. The number of hydrogen-bond donors (Lipinski definition) is 1. The van der Waals surface area contributed by atoms with Gasteiger partial charge in [-0.1, -0.05) is 32.0 Å². The van der Waals surface area contributed by atoms with Crippen LogP contribution in [-0.2, 0) is 12.8 Å². The largest absolute Gasteiger partial charge is 0.383 e. The summed E-state index contributed by atoms with van der Waals surface area (Å²) < 4.78 is 0. The van der Waals surface area contributed by atoms with Crippen LogP contribution in [0.2, 0.25) is 0 Å². The van der Waals surface area contributed by atoms with Crippen molar-refractivity contribution in [2.24, 2.45) is 0 Å². The number of anilines is 1. The van der Waals surface area contributed by atoms with Crippen molar-refractivity contribution in [2.45, 2.75) is 56.4 Å². The maximum absolute atomic E-state index is 6.19. The molecular weight excluding hydrogens is 274 g/mol. The van der Waals surface area contributed by atoms with Gasteiger partial charge in [0, 0.05) is 10.1 Å². The minimum absolute atomic E-state index is 0.481. The molecule has 19 heavy (non-hydrogen) atoms. The zero-order chi connectivity index (χ0) is 13.4. The van der Waals surface area contributed by atoms with Gasteiger partial charge in [-0.3, -0.25) is 0 Å². The van der Waals surface area contributed by atoms with Crippen molar-refractivity contribution in [3.05, 3.63) is 10.4 Å². The van der Waals surface area contributed by atoms with Gasteiger partial charge in [0.05, 0.1) is 5.39 Å². The van der Waals surface area contributed by atoms with E-state index >= 15 is 0 Å². The Kier molecular flexibility index (Phi) is 3.67. The summed E-state index contributed by atoms with van der Waals surface area (Å²) in [6, 6.07) is 0. The summed E-state index contributed by atoms with van der Waals surface area (Å²) in [5, 5.41) is 2.43. The van der Waals surface area contributed by atoms with Crippen molar-refractivity contribution in [3.63, 3.8) is 0 Å². The number of thioether (sulfide) groups is 1. The fourth-order valence-corrected chi connectivity index (χ4v) is 4.65. The lowest BCUT2D eigenvalue weighted by Crippen LogP contribution is -1.99. The van der Waals surface area contributed by atoms with Gasteiger partial charge in [0.2, 0.25) is 0 Å². The molecule has 102 valence electrons. The monoisotopic (exact) mass is 293 g/mol. The van der Waals surface area contributed by atoms with Crippen LogP contribution in [0.1, 0.15) is 43.6 Å². The quantitative estimate of drug-likeness (QED) is 0.516. The van der Waals surface area contributed by atoms with Crippen molar-refractivity contribution < 1.29 is 0 Å². The fourth-order valence-electron chi connectivity index (χ4n) is 2.61. The van der Waals surface area contributed by atoms with E-state index in [0.717, 1.165) is 21.8 Å². The van der Waals surface area contributed by atoms with E-state index in [1.807, 2.05) is 11.3 Å². The highest BCUT2D eigenvalue weighted by Gasteiger charge is 2.19. The number of nitrogens with two attached hydrogens (primary N) is 1. The number of fused-ring (bicyclic) bond motifs is 3. The minimum Gasteiger partial charge on any atom is -0.383 e. The molecule has 0 radical (unpaired) electrons. The third kappa shape index (κ3) is 2.58. The predicted octanol–water partition coefficient (Wildman–Crippen LogP) is 4.04. The van der Waals surface area contributed by atoms with Crippen molar-refractivity contribution >= 4 is 39.1 Å². The number of aryl methyl sites for hydroxylation is 2. The predicted molar refractivity (Wildman–Crippen MR) is 84.1 cm³/mol. The molecule has 0 spiro atoms. The second-order valence-corrected chi connectivity index (χ2v) is 7.93. The van der Waals surface area contributed by atoms with Crippen molar-refractivity contribution in [3.8, 4) is 0 Å². The normalized spacial score (nSPS) is 15.7. The maximum Gasteiger partial charge on any atom is 0.191 e. The van der Waals surface area contributed by atoms with Crippen LogP contribution in [-0.4, -0.2) is 15.2 Å². The standard InChI is InChI=1S/C14H19N3S2/c1-8(2)18-14-16-12(15)11-9-6-4-3-5-7-10(9)19-13(11)17-14/h8H,3-7H2,1-2H3,(H2,15,16,17). The molecular formula is C14H19N3S2. The van der Waals surface area contributed by atoms with Crippen molar-refractivity contribution in [1.82, 2.24) is 9.97 Å². The molecule has 0 atom stereocenters.